The van der Waals surface area contributed by atoms with Gasteiger partial charge in [0.1, 0.15) is 0 Å². The molecule has 2 aromatic rings. The van der Waals surface area contributed by atoms with Crippen LogP contribution in [0.2, 0.25) is 0 Å². The molecule has 0 radical (unpaired) electrons. The molecule has 0 N–H and O–H groups in total. The fourth-order valence-corrected chi connectivity index (χ4v) is 3.35. The number of Topliss-reactive ketones (excluding diaryl/α,β-unsaturated/α-hetero) is 1. The summed E-state index contributed by atoms with van der Waals surface area (Å²) in [7, 11) is -3.45. The number of hydrogen-bond donors (Lipinski definition) is 0. The third kappa shape index (κ3) is 5.07. The lowest BCUT2D eigenvalue weighted by Gasteiger charge is -2.19. The lowest BCUT2D eigenvalue weighted by molar-refractivity contribution is 0.0318. The SMILES string of the molecule is Cc1ccc(S(C)(=O)=O)cc1C(=O)OC(C)C(=O)c1ccc(C(C)(C)C)cc1. The quantitative estimate of drug-likeness (QED) is 0.555. The smallest absolute Gasteiger partial charge is 0.339 e. The van der Waals surface area contributed by atoms with Gasteiger partial charge in [0, 0.05) is 11.8 Å². The minimum atomic E-state index is -3.45. The topological polar surface area (TPSA) is 77.5 Å². The van der Waals surface area contributed by atoms with Gasteiger partial charge in [-0.25, -0.2) is 13.2 Å². The van der Waals surface area contributed by atoms with Crippen LogP contribution >= 0.6 is 0 Å². The number of benzene rings is 2. The normalized spacial score (nSPS) is 13.1. The number of esters is 1. The molecule has 0 bridgehead atoms. The highest BCUT2D eigenvalue weighted by atomic mass is 32.2. The molecule has 150 valence electrons. The molecule has 28 heavy (non-hydrogen) atoms. The van der Waals surface area contributed by atoms with E-state index in [-0.39, 0.29) is 21.7 Å². The van der Waals surface area contributed by atoms with Crippen LogP contribution in [0.1, 0.15) is 59.5 Å². The zero-order chi connectivity index (χ0) is 21.3. The van der Waals surface area contributed by atoms with Crippen molar-refractivity contribution < 1.29 is 22.7 Å². The van der Waals surface area contributed by atoms with Crippen molar-refractivity contribution in [1.29, 1.82) is 0 Å². The molecular weight excluding hydrogens is 376 g/mol. The van der Waals surface area contributed by atoms with Gasteiger partial charge in [0.25, 0.3) is 0 Å². The maximum absolute atomic E-state index is 12.6. The van der Waals surface area contributed by atoms with Crippen molar-refractivity contribution in [2.24, 2.45) is 0 Å². The number of ketones is 1. The number of hydrogen-bond acceptors (Lipinski definition) is 5. The molecule has 0 aliphatic carbocycles. The first-order chi connectivity index (χ1) is 12.8. The zero-order valence-corrected chi connectivity index (χ0v) is 17.9. The van der Waals surface area contributed by atoms with E-state index >= 15 is 0 Å². The Morgan fingerprint density at radius 2 is 1.57 bits per heavy atom. The Labute approximate surface area is 166 Å². The minimum Gasteiger partial charge on any atom is -0.451 e. The van der Waals surface area contributed by atoms with E-state index in [1.165, 1.54) is 19.1 Å². The average molecular weight is 403 g/mol. The summed E-state index contributed by atoms with van der Waals surface area (Å²) in [4.78, 5) is 25.1. The van der Waals surface area contributed by atoms with Gasteiger partial charge < -0.3 is 4.74 Å². The standard InChI is InChI=1S/C22H26O5S/c1-14-7-12-18(28(6,25)26)13-19(14)21(24)27-15(2)20(23)16-8-10-17(11-9-16)22(3,4)5/h7-13,15H,1-6H3. The molecule has 0 saturated heterocycles. The van der Waals surface area contributed by atoms with E-state index in [0.29, 0.717) is 11.1 Å². The van der Waals surface area contributed by atoms with Crippen LogP contribution < -0.4 is 0 Å². The molecule has 0 aliphatic heterocycles. The molecule has 2 rings (SSSR count). The second-order valence-electron chi connectivity index (χ2n) is 7.99. The second-order valence-corrected chi connectivity index (χ2v) is 10.0. The third-order valence-electron chi connectivity index (χ3n) is 4.55. The molecule has 2 aromatic carbocycles. The molecule has 1 atom stereocenters. The Balaban J connectivity index is 2.19. The van der Waals surface area contributed by atoms with Gasteiger partial charge >= 0.3 is 5.97 Å². The molecule has 0 spiro atoms. The first kappa shape index (κ1) is 21.8. The highest BCUT2D eigenvalue weighted by Gasteiger charge is 2.23. The summed E-state index contributed by atoms with van der Waals surface area (Å²) in [6.45, 7) is 9.44. The number of carbonyl (C=O) groups is 2. The fraction of sp³-hybridized carbons (Fsp3) is 0.364. The van der Waals surface area contributed by atoms with Crippen LogP contribution in [0.5, 0.6) is 0 Å². The minimum absolute atomic E-state index is 0.0260. The Kier molecular flexibility index (Phi) is 6.14. The summed E-state index contributed by atoms with van der Waals surface area (Å²) >= 11 is 0. The summed E-state index contributed by atoms with van der Waals surface area (Å²) < 4.78 is 28.8. The Bertz CT molecular complexity index is 996. The molecule has 6 heteroatoms. The largest absolute Gasteiger partial charge is 0.451 e. The van der Waals surface area contributed by atoms with E-state index in [0.717, 1.165) is 11.8 Å². The van der Waals surface area contributed by atoms with Crippen LogP contribution in [0, 0.1) is 6.92 Å². The highest BCUT2D eigenvalue weighted by Crippen LogP contribution is 2.23. The molecule has 0 heterocycles. The number of sulfone groups is 1. The van der Waals surface area contributed by atoms with Crippen LogP contribution in [-0.4, -0.2) is 32.5 Å². The maximum Gasteiger partial charge on any atom is 0.339 e. The van der Waals surface area contributed by atoms with Crippen molar-refractivity contribution in [2.45, 2.75) is 51.0 Å². The monoisotopic (exact) mass is 402 g/mol. The van der Waals surface area contributed by atoms with Gasteiger partial charge in [0.15, 0.2) is 15.9 Å². The first-order valence-electron chi connectivity index (χ1n) is 8.97. The maximum atomic E-state index is 12.6. The van der Waals surface area contributed by atoms with Crippen molar-refractivity contribution in [2.75, 3.05) is 6.26 Å². The van der Waals surface area contributed by atoms with Gasteiger partial charge in [-0.15, -0.1) is 0 Å². The van der Waals surface area contributed by atoms with Crippen LogP contribution in [0.15, 0.2) is 47.4 Å². The van der Waals surface area contributed by atoms with Crippen molar-refractivity contribution in [3.05, 3.63) is 64.7 Å². The fourth-order valence-electron chi connectivity index (χ4n) is 2.70. The van der Waals surface area contributed by atoms with Crippen molar-refractivity contribution in [3.8, 4) is 0 Å². The van der Waals surface area contributed by atoms with Crippen LogP contribution in [-0.2, 0) is 20.0 Å². The lowest BCUT2D eigenvalue weighted by atomic mass is 9.86. The molecule has 0 aliphatic rings. The molecular formula is C22H26O5S. The van der Waals surface area contributed by atoms with E-state index in [4.69, 9.17) is 4.74 Å². The Morgan fingerprint density at radius 3 is 2.07 bits per heavy atom. The van der Waals surface area contributed by atoms with E-state index in [1.807, 2.05) is 12.1 Å². The van der Waals surface area contributed by atoms with E-state index in [9.17, 15) is 18.0 Å². The molecule has 1 unspecified atom stereocenters. The van der Waals surface area contributed by atoms with Gasteiger partial charge in [-0.1, -0.05) is 51.1 Å². The first-order valence-corrected chi connectivity index (χ1v) is 10.9. The highest BCUT2D eigenvalue weighted by molar-refractivity contribution is 7.90. The van der Waals surface area contributed by atoms with Gasteiger partial charge in [0.05, 0.1) is 10.5 Å². The number of aryl methyl sites for hydroxylation is 1. The third-order valence-corrected chi connectivity index (χ3v) is 5.66. The lowest BCUT2D eigenvalue weighted by Crippen LogP contribution is -2.25. The molecule has 0 amide bonds. The predicted molar refractivity (Wildman–Crippen MR) is 109 cm³/mol. The van der Waals surface area contributed by atoms with E-state index < -0.39 is 21.9 Å². The van der Waals surface area contributed by atoms with Gasteiger partial charge in [0.2, 0.25) is 5.78 Å². The average Bonchev–Trinajstić information content (AvgIpc) is 2.59. The molecule has 5 nitrogen and oxygen atoms in total. The van der Waals surface area contributed by atoms with Gasteiger partial charge in [-0.2, -0.15) is 0 Å². The van der Waals surface area contributed by atoms with Gasteiger partial charge in [-0.05, 0) is 42.5 Å². The number of carbonyl (C=O) groups excluding carboxylic acids is 2. The predicted octanol–water partition coefficient (Wildman–Crippen LogP) is 4.12. The number of rotatable bonds is 5. The molecule has 0 fully saturated rings. The molecule has 0 aromatic heterocycles. The molecule has 0 saturated carbocycles. The number of ether oxygens (including phenoxy) is 1. The van der Waals surface area contributed by atoms with Crippen molar-refractivity contribution in [1.82, 2.24) is 0 Å². The van der Waals surface area contributed by atoms with Crippen LogP contribution in [0.4, 0.5) is 0 Å². The van der Waals surface area contributed by atoms with E-state index in [2.05, 4.69) is 20.8 Å². The van der Waals surface area contributed by atoms with Gasteiger partial charge in [-0.3, -0.25) is 4.79 Å². The van der Waals surface area contributed by atoms with Crippen LogP contribution in [0.25, 0.3) is 0 Å². The zero-order valence-electron chi connectivity index (χ0n) is 17.1. The Morgan fingerprint density at radius 1 is 1.00 bits per heavy atom. The van der Waals surface area contributed by atoms with Crippen LogP contribution in [0.3, 0.4) is 0 Å². The Hall–Kier alpha value is -2.47. The summed E-state index contributed by atoms with van der Waals surface area (Å²) in [5.41, 5.74) is 2.23. The van der Waals surface area contributed by atoms with Crippen molar-refractivity contribution in [3.63, 3.8) is 0 Å². The summed E-state index contributed by atoms with van der Waals surface area (Å²) in [5, 5.41) is 0. The van der Waals surface area contributed by atoms with Crippen molar-refractivity contribution >= 4 is 21.6 Å². The van der Waals surface area contributed by atoms with E-state index in [1.54, 1.807) is 25.1 Å². The second kappa shape index (κ2) is 7.87. The summed E-state index contributed by atoms with van der Waals surface area (Å²) in [5.74, 6) is -1.04. The summed E-state index contributed by atoms with van der Waals surface area (Å²) in [6, 6.07) is 11.5. The summed E-state index contributed by atoms with van der Waals surface area (Å²) in [6.07, 6.45) is 0.0782.